The van der Waals surface area contributed by atoms with Crippen molar-refractivity contribution in [1.82, 2.24) is 0 Å². The molecule has 0 aromatic heterocycles. The normalized spacial score (nSPS) is 17.6. The van der Waals surface area contributed by atoms with Gasteiger partial charge in [-0.15, -0.1) is 0 Å². The molecule has 0 radical (unpaired) electrons. The van der Waals surface area contributed by atoms with E-state index in [0.29, 0.717) is 5.69 Å². The zero-order chi connectivity index (χ0) is 16.4. The van der Waals surface area contributed by atoms with Crippen molar-refractivity contribution in [3.8, 4) is 0 Å². The van der Waals surface area contributed by atoms with Crippen LogP contribution in [0.15, 0.2) is 63.3 Å². The lowest BCUT2D eigenvalue weighted by Crippen LogP contribution is -2.03. The summed E-state index contributed by atoms with van der Waals surface area (Å²) in [6.07, 6.45) is -4.33. The first-order valence-electron chi connectivity index (χ1n) is 6.55. The molecule has 118 valence electrons. The molecule has 1 aliphatic rings. The van der Waals surface area contributed by atoms with Crippen LogP contribution in [-0.4, -0.2) is 5.55 Å². The predicted octanol–water partition coefficient (Wildman–Crippen LogP) is 5.78. The molecule has 0 bridgehead atoms. The highest BCUT2D eigenvalue weighted by Crippen LogP contribution is 2.31. The maximum absolute atomic E-state index is 12.5. The van der Waals surface area contributed by atoms with Gasteiger partial charge in [-0.2, -0.15) is 13.2 Å². The van der Waals surface area contributed by atoms with E-state index in [1.54, 1.807) is 5.55 Å². The molecule has 1 heterocycles. The van der Waals surface area contributed by atoms with E-state index in [1.165, 1.54) is 12.1 Å². The molecule has 2 nitrogen and oxygen atoms in total. The summed E-state index contributed by atoms with van der Waals surface area (Å²) in [6, 6.07) is 12.8. The van der Waals surface area contributed by atoms with E-state index in [0.717, 1.165) is 27.0 Å². The minimum atomic E-state index is -4.33. The van der Waals surface area contributed by atoms with Gasteiger partial charge in [0.15, 0.2) is 0 Å². The SMILES string of the molecule is FC(F)(F)c1ccc(N=S2C=NC(c3ccc(I)cc3)=C2)cc1. The summed E-state index contributed by atoms with van der Waals surface area (Å²) in [4.78, 5) is 4.34. The molecule has 1 atom stereocenters. The molecular weight excluding hydrogens is 436 g/mol. The predicted molar refractivity (Wildman–Crippen MR) is 96.5 cm³/mol. The van der Waals surface area contributed by atoms with Gasteiger partial charge in [-0.05, 0) is 69.7 Å². The number of hydrogen-bond acceptors (Lipinski definition) is 2. The third kappa shape index (κ3) is 4.08. The molecule has 2 aromatic carbocycles. The van der Waals surface area contributed by atoms with Gasteiger partial charge in [0.25, 0.3) is 0 Å². The zero-order valence-corrected chi connectivity index (χ0v) is 14.6. The Balaban J connectivity index is 1.82. The molecule has 0 N–H and O–H groups in total. The summed E-state index contributed by atoms with van der Waals surface area (Å²) in [7, 11) is -0.554. The average Bonchev–Trinajstić information content (AvgIpc) is 2.96. The van der Waals surface area contributed by atoms with Crippen molar-refractivity contribution in [2.45, 2.75) is 6.18 Å². The summed E-state index contributed by atoms with van der Waals surface area (Å²) in [5.41, 5.74) is 3.38. The maximum Gasteiger partial charge on any atom is 0.416 e. The Morgan fingerprint density at radius 1 is 0.957 bits per heavy atom. The summed E-state index contributed by atoms with van der Waals surface area (Å²) < 4.78 is 43.1. The van der Waals surface area contributed by atoms with Crippen LogP contribution in [0.2, 0.25) is 0 Å². The second-order valence-electron chi connectivity index (χ2n) is 4.73. The summed E-state index contributed by atoms with van der Waals surface area (Å²) in [6.45, 7) is 0. The Kier molecular flexibility index (Phi) is 4.67. The van der Waals surface area contributed by atoms with Crippen LogP contribution >= 0.6 is 22.6 Å². The first-order chi connectivity index (χ1) is 10.9. The van der Waals surface area contributed by atoms with Crippen LogP contribution in [0.4, 0.5) is 18.9 Å². The molecule has 0 saturated carbocycles. The summed E-state index contributed by atoms with van der Waals surface area (Å²) in [5.74, 6) is 0. The summed E-state index contributed by atoms with van der Waals surface area (Å²) in [5, 5.41) is 1.92. The number of hydrogen-bond donors (Lipinski definition) is 0. The molecule has 2 aromatic rings. The highest BCUT2D eigenvalue weighted by atomic mass is 127. The molecule has 23 heavy (non-hydrogen) atoms. The highest BCUT2D eigenvalue weighted by molar-refractivity contribution is 14.1. The van der Waals surface area contributed by atoms with E-state index in [4.69, 9.17) is 0 Å². The van der Waals surface area contributed by atoms with Crippen LogP contribution in [0.1, 0.15) is 11.1 Å². The van der Waals surface area contributed by atoms with Crippen molar-refractivity contribution in [3.05, 3.63) is 68.6 Å². The number of halogens is 4. The molecule has 0 fully saturated rings. The Morgan fingerprint density at radius 2 is 1.61 bits per heavy atom. The molecule has 0 aliphatic carbocycles. The Labute approximate surface area is 147 Å². The molecule has 1 aliphatic heterocycles. The smallest absolute Gasteiger partial charge is 0.247 e. The highest BCUT2D eigenvalue weighted by Gasteiger charge is 2.29. The van der Waals surface area contributed by atoms with E-state index in [1.807, 2.05) is 29.7 Å². The van der Waals surface area contributed by atoms with E-state index in [9.17, 15) is 13.2 Å². The van der Waals surface area contributed by atoms with E-state index in [-0.39, 0.29) is 0 Å². The van der Waals surface area contributed by atoms with Gasteiger partial charge in [0.1, 0.15) is 0 Å². The van der Waals surface area contributed by atoms with Crippen LogP contribution in [0.25, 0.3) is 5.70 Å². The Hall–Kier alpha value is -1.48. The molecular formula is C16H10F3IN2S. The largest absolute Gasteiger partial charge is 0.416 e. The second-order valence-corrected chi connectivity index (χ2v) is 7.30. The molecule has 7 heteroatoms. The third-order valence-corrected chi connectivity index (χ3v) is 5.00. The molecule has 0 amide bonds. The fourth-order valence-corrected chi connectivity index (χ4v) is 3.46. The van der Waals surface area contributed by atoms with Crippen LogP contribution < -0.4 is 0 Å². The van der Waals surface area contributed by atoms with Crippen molar-refractivity contribution in [2.75, 3.05) is 0 Å². The Morgan fingerprint density at radius 3 is 2.22 bits per heavy atom. The van der Waals surface area contributed by atoms with E-state index in [2.05, 4.69) is 31.9 Å². The number of rotatable bonds is 2. The van der Waals surface area contributed by atoms with Crippen LogP contribution in [0.5, 0.6) is 0 Å². The van der Waals surface area contributed by atoms with Gasteiger partial charge in [-0.1, -0.05) is 12.1 Å². The average molecular weight is 446 g/mol. The zero-order valence-electron chi connectivity index (χ0n) is 11.6. The lowest BCUT2D eigenvalue weighted by molar-refractivity contribution is -0.137. The molecule has 1 unspecified atom stereocenters. The van der Waals surface area contributed by atoms with Gasteiger partial charge in [0.2, 0.25) is 0 Å². The van der Waals surface area contributed by atoms with Crippen LogP contribution in [-0.2, 0) is 16.9 Å². The minimum absolute atomic E-state index is 0.507. The van der Waals surface area contributed by atoms with Gasteiger partial charge >= 0.3 is 6.18 Å². The molecule has 3 rings (SSSR count). The van der Waals surface area contributed by atoms with Crippen molar-refractivity contribution >= 4 is 50.2 Å². The van der Waals surface area contributed by atoms with Gasteiger partial charge in [0, 0.05) is 14.5 Å². The van der Waals surface area contributed by atoms with Gasteiger partial charge in [-0.3, -0.25) is 0 Å². The quantitative estimate of drug-likeness (QED) is 0.523. The molecule has 0 saturated heterocycles. The standard InChI is InChI=1S/C16H10F3IN2S/c17-16(18,19)12-3-7-14(8-4-12)22-23-9-15(21-10-23)11-1-5-13(20)6-2-11/h1-10H. The molecule has 0 spiro atoms. The summed E-state index contributed by atoms with van der Waals surface area (Å²) >= 11 is 2.23. The van der Waals surface area contributed by atoms with Crippen LogP contribution in [0, 0.1) is 3.57 Å². The van der Waals surface area contributed by atoms with E-state index < -0.39 is 22.4 Å². The lowest BCUT2D eigenvalue weighted by atomic mass is 10.2. The van der Waals surface area contributed by atoms with Crippen LogP contribution in [0.3, 0.4) is 0 Å². The number of benzene rings is 2. The van der Waals surface area contributed by atoms with Crippen molar-refractivity contribution in [1.29, 1.82) is 0 Å². The second kappa shape index (κ2) is 6.56. The fourth-order valence-electron chi connectivity index (χ4n) is 1.93. The third-order valence-electron chi connectivity index (χ3n) is 3.08. The first-order valence-corrected chi connectivity index (χ1v) is 8.93. The number of alkyl halides is 3. The number of nitrogens with zero attached hydrogens (tertiary/aromatic N) is 2. The topological polar surface area (TPSA) is 24.7 Å². The van der Waals surface area contributed by atoms with Gasteiger partial charge < -0.3 is 0 Å². The van der Waals surface area contributed by atoms with Crippen molar-refractivity contribution < 1.29 is 13.2 Å². The van der Waals surface area contributed by atoms with Crippen molar-refractivity contribution in [3.63, 3.8) is 0 Å². The number of aliphatic imine (C=N–C) groups is 1. The maximum atomic E-state index is 12.5. The first kappa shape index (κ1) is 16.4. The Bertz CT molecular complexity index is 807. The minimum Gasteiger partial charge on any atom is -0.247 e. The van der Waals surface area contributed by atoms with Gasteiger partial charge in [-0.25, -0.2) is 9.36 Å². The fraction of sp³-hybridized carbons (Fsp3) is 0.0625. The van der Waals surface area contributed by atoms with E-state index >= 15 is 0 Å². The lowest BCUT2D eigenvalue weighted by Gasteiger charge is -2.05. The van der Waals surface area contributed by atoms with Gasteiger partial charge in [0.05, 0.1) is 22.5 Å². The monoisotopic (exact) mass is 446 g/mol. The van der Waals surface area contributed by atoms with Crippen molar-refractivity contribution in [2.24, 2.45) is 9.36 Å².